The summed E-state index contributed by atoms with van der Waals surface area (Å²) in [6, 6.07) is 1.56. The molecule has 1 heterocycles. The van der Waals surface area contributed by atoms with Gasteiger partial charge in [-0.25, -0.2) is 4.39 Å². The monoisotopic (exact) mass is 390 g/mol. The maximum Gasteiger partial charge on any atom is 0.148 e. The third kappa shape index (κ3) is 7.35. The zero-order chi connectivity index (χ0) is 21.1. The highest BCUT2D eigenvalue weighted by atomic mass is 19.1. The standard InChI is InChI=1S/C21H30FN3O.CH5N/c1-4-6-14(3)21(24)20(11-17(23)7-5-2)26-13-19-18(22)10-16(12-25-19)15-8-9-15;1-2/h10-12,15H,3-9,13,23-24H2,1-2H3;2H2,1H3/b17-11+,21-20-;. The molecule has 1 aliphatic rings. The van der Waals surface area contributed by atoms with Crippen LogP contribution >= 0.6 is 0 Å². The van der Waals surface area contributed by atoms with E-state index in [1.807, 2.05) is 6.92 Å². The highest BCUT2D eigenvalue weighted by Gasteiger charge is 2.24. The fraction of sp³-hybridized carbons (Fsp3) is 0.500. The second-order valence-electron chi connectivity index (χ2n) is 6.86. The van der Waals surface area contributed by atoms with Gasteiger partial charge in [-0.2, -0.15) is 0 Å². The van der Waals surface area contributed by atoms with Gasteiger partial charge in [0, 0.05) is 18.0 Å². The number of halogens is 1. The van der Waals surface area contributed by atoms with Gasteiger partial charge in [0.25, 0.3) is 0 Å². The van der Waals surface area contributed by atoms with Gasteiger partial charge in [0.2, 0.25) is 0 Å². The summed E-state index contributed by atoms with van der Waals surface area (Å²) >= 11 is 0. The molecule has 1 saturated carbocycles. The van der Waals surface area contributed by atoms with Crippen molar-refractivity contribution < 1.29 is 9.13 Å². The van der Waals surface area contributed by atoms with Crippen LogP contribution in [0.15, 0.2) is 47.6 Å². The normalized spacial score (nSPS) is 14.7. The van der Waals surface area contributed by atoms with E-state index in [0.717, 1.165) is 49.7 Å². The molecule has 0 radical (unpaired) electrons. The maximum absolute atomic E-state index is 14.3. The van der Waals surface area contributed by atoms with Gasteiger partial charge in [0.1, 0.15) is 23.9 Å². The SMILES string of the molecule is C=C(CCC)/C(N)=C(\C=C(\N)CCC)OCc1ncc(C2CC2)cc1F.CN. The Labute approximate surface area is 168 Å². The van der Waals surface area contributed by atoms with Gasteiger partial charge in [0.05, 0.1) is 5.70 Å². The molecular formula is C22H35FN4O. The van der Waals surface area contributed by atoms with Crippen LogP contribution in [-0.2, 0) is 11.3 Å². The van der Waals surface area contributed by atoms with Gasteiger partial charge < -0.3 is 21.9 Å². The summed E-state index contributed by atoms with van der Waals surface area (Å²) in [6.07, 6.45) is 9.04. The molecule has 1 aromatic rings. The van der Waals surface area contributed by atoms with Crippen LogP contribution in [0.1, 0.15) is 69.5 Å². The summed E-state index contributed by atoms with van der Waals surface area (Å²) in [7, 11) is 1.50. The third-order valence-corrected chi connectivity index (χ3v) is 4.40. The zero-order valence-corrected chi connectivity index (χ0v) is 17.4. The fourth-order valence-corrected chi connectivity index (χ4v) is 2.71. The molecule has 0 aliphatic heterocycles. The topological polar surface area (TPSA) is 100 Å². The Morgan fingerprint density at radius 1 is 1.25 bits per heavy atom. The second-order valence-corrected chi connectivity index (χ2v) is 6.86. The molecule has 0 saturated heterocycles. The highest BCUT2D eigenvalue weighted by Crippen LogP contribution is 2.40. The molecule has 0 unspecified atom stereocenters. The lowest BCUT2D eigenvalue weighted by molar-refractivity contribution is 0.199. The molecule has 1 aliphatic carbocycles. The smallest absolute Gasteiger partial charge is 0.148 e. The van der Waals surface area contributed by atoms with Gasteiger partial charge in [-0.3, -0.25) is 4.98 Å². The van der Waals surface area contributed by atoms with Crippen molar-refractivity contribution in [2.45, 2.75) is 64.9 Å². The minimum atomic E-state index is -0.342. The van der Waals surface area contributed by atoms with Crippen molar-refractivity contribution in [3.63, 3.8) is 0 Å². The van der Waals surface area contributed by atoms with E-state index in [4.69, 9.17) is 16.2 Å². The molecule has 0 spiro atoms. The van der Waals surface area contributed by atoms with Crippen LogP contribution in [0, 0.1) is 5.82 Å². The van der Waals surface area contributed by atoms with Gasteiger partial charge >= 0.3 is 0 Å². The number of allylic oxidation sites excluding steroid dienone is 3. The molecule has 0 atom stereocenters. The molecule has 28 heavy (non-hydrogen) atoms. The van der Waals surface area contributed by atoms with E-state index < -0.39 is 0 Å². The molecule has 0 aromatic carbocycles. The van der Waals surface area contributed by atoms with Crippen LogP contribution in [0.2, 0.25) is 0 Å². The molecule has 0 amide bonds. The van der Waals surface area contributed by atoms with Crippen molar-refractivity contribution in [2.75, 3.05) is 7.05 Å². The first-order valence-corrected chi connectivity index (χ1v) is 9.95. The molecule has 5 nitrogen and oxygen atoms in total. The van der Waals surface area contributed by atoms with Crippen LogP contribution in [-0.4, -0.2) is 12.0 Å². The Balaban J connectivity index is 0.00000190. The minimum Gasteiger partial charge on any atom is -0.485 e. The first-order valence-electron chi connectivity index (χ1n) is 9.95. The Morgan fingerprint density at radius 3 is 2.43 bits per heavy atom. The predicted molar refractivity (Wildman–Crippen MR) is 114 cm³/mol. The number of hydrogen-bond acceptors (Lipinski definition) is 5. The van der Waals surface area contributed by atoms with Crippen LogP contribution in [0.4, 0.5) is 4.39 Å². The highest BCUT2D eigenvalue weighted by molar-refractivity contribution is 5.34. The van der Waals surface area contributed by atoms with Crippen molar-refractivity contribution in [1.29, 1.82) is 0 Å². The number of rotatable bonds is 10. The van der Waals surface area contributed by atoms with E-state index in [-0.39, 0.29) is 18.1 Å². The number of ether oxygens (including phenoxy) is 1. The molecule has 0 bridgehead atoms. The molecule has 1 aromatic heterocycles. The molecule has 2 rings (SSSR count). The van der Waals surface area contributed by atoms with Crippen LogP contribution in [0.3, 0.4) is 0 Å². The van der Waals surface area contributed by atoms with E-state index in [9.17, 15) is 4.39 Å². The first kappa shape index (κ1) is 23.7. The Hall–Kier alpha value is -2.34. The maximum atomic E-state index is 14.3. The van der Waals surface area contributed by atoms with Crippen molar-refractivity contribution in [3.05, 3.63) is 64.7 Å². The molecular weight excluding hydrogens is 355 g/mol. The van der Waals surface area contributed by atoms with E-state index >= 15 is 0 Å². The number of nitrogens with zero attached hydrogens (tertiary/aromatic N) is 1. The van der Waals surface area contributed by atoms with E-state index in [2.05, 4.69) is 24.2 Å². The van der Waals surface area contributed by atoms with Gasteiger partial charge in [0.15, 0.2) is 0 Å². The first-order chi connectivity index (χ1) is 13.5. The average Bonchev–Trinajstić information content (AvgIpc) is 3.52. The summed E-state index contributed by atoms with van der Waals surface area (Å²) in [5.74, 6) is 0.555. The molecule has 6 heteroatoms. The van der Waals surface area contributed by atoms with Gasteiger partial charge in [-0.15, -0.1) is 0 Å². The predicted octanol–water partition coefficient (Wildman–Crippen LogP) is 4.36. The Bertz CT molecular complexity index is 708. The van der Waals surface area contributed by atoms with E-state index in [0.29, 0.717) is 23.1 Å². The second kappa shape index (κ2) is 12.2. The summed E-state index contributed by atoms with van der Waals surface area (Å²) in [6.45, 7) is 8.11. The number of hydrogen-bond donors (Lipinski definition) is 3. The largest absolute Gasteiger partial charge is 0.485 e. The zero-order valence-electron chi connectivity index (χ0n) is 17.4. The lowest BCUT2D eigenvalue weighted by atomic mass is 10.1. The van der Waals surface area contributed by atoms with Crippen LogP contribution < -0.4 is 17.2 Å². The number of aromatic nitrogens is 1. The van der Waals surface area contributed by atoms with Crippen LogP contribution in [0.25, 0.3) is 0 Å². The fourth-order valence-electron chi connectivity index (χ4n) is 2.71. The van der Waals surface area contributed by atoms with Crippen LogP contribution in [0.5, 0.6) is 0 Å². The summed E-state index contributed by atoms with van der Waals surface area (Å²) in [5.41, 5.74) is 19.9. The lowest BCUT2D eigenvalue weighted by Gasteiger charge is -2.14. The Kier molecular flexibility index (Phi) is 10.3. The summed E-state index contributed by atoms with van der Waals surface area (Å²) < 4.78 is 20.1. The summed E-state index contributed by atoms with van der Waals surface area (Å²) in [5, 5.41) is 0. The molecule has 156 valence electrons. The number of nitrogens with two attached hydrogens (primary N) is 3. The van der Waals surface area contributed by atoms with Crippen molar-refractivity contribution >= 4 is 0 Å². The minimum absolute atomic E-state index is 0.00211. The average molecular weight is 391 g/mol. The van der Waals surface area contributed by atoms with Crippen molar-refractivity contribution in [3.8, 4) is 0 Å². The third-order valence-electron chi connectivity index (χ3n) is 4.40. The van der Waals surface area contributed by atoms with Crippen molar-refractivity contribution in [2.24, 2.45) is 17.2 Å². The van der Waals surface area contributed by atoms with E-state index in [1.165, 1.54) is 7.05 Å². The Morgan fingerprint density at radius 2 is 1.89 bits per heavy atom. The lowest BCUT2D eigenvalue weighted by Crippen LogP contribution is -2.10. The number of pyridine rings is 1. The van der Waals surface area contributed by atoms with Crippen molar-refractivity contribution in [1.82, 2.24) is 4.98 Å². The van der Waals surface area contributed by atoms with Gasteiger partial charge in [-0.1, -0.05) is 33.3 Å². The molecule has 1 fully saturated rings. The van der Waals surface area contributed by atoms with Gasteiger partial charge in [-0.05, 0) is 55.9 Å². The summed E-state index contributed by atoms with van der Waals surface area (Å²) in [4.78, 5) is 4.23. The quantitative estimate of drug-likeness (QED) is 0.407. The molecule has 6 N–H and O–H groups in total. The van der Waals surface area contributed by atoms with E-state index in [1.54, 1.807) is 18.3 Å².